The Hall–Kier alpha value is 0.0569. The number of nitrogens with one attached hydrogen (secondary N) is 1. The first-order chi connectivity index (χ1) is 7.09. The summed E-state index contributed by atoms with van der Waals surface area (Å²) in [5.74, 6) is 0. The van der Waals surface area contributed by atoms with Crippen LogP contribution >= 0.6 is 0 Å². The second-order valence-corrected chi connectivity index (χ2v) is 8.21. The molecule has 1 saturated heterocycles. The molecule has 0 aromatic carbocycles. The van der Waals surface area contributed by atoms with E-state index in [1.807, 2.05) is 0 Å². The molecule has 0 aromatic rings. The van der Waals surface area contributed by atoms with Crippen molar-refractivity contribution >= 4 is 8.56 Å². The van der Waals surface area contributed by atoms with Crippen LogP contribution in [0.4, 0.5) is 0 Å². The first-order valence-electron chi connectivity index (χ1n) is 5.73. The number of hydrogen-bond acceptors (Lipinski definition) is 3. The molecule has 1 fully saturated rings. The minimum atomic E-state index is -1.82. The van der Waals surface area contributed by atoms with Gasteiger partial charge in [-0.2, -0.15) is 0 Å². The fourth-order valence-electron chi connectivity index (χ4n) is 1.99. The van der Waals surface area contributed by atoms with Crippen LogP contribution in [0.25, 0.3) is 0 Å². The van der Waals surface area contributed by atoms with Gasteiger partial charge >= 0.3 is 8.56 Å². The van der Waals surface area contributed by atoms with Crippen LogP contribution in [0.15, 0.2) is 0 Å². The Morgan fingerprint density at radius 3 is 2.47 bits per heavy atom. The average molecular weight is 233 g/mol. The van der Waals surface area contributed by atoms with E-state index in [0.29, 0.717) is 0 Å². The third-order valence-electron chi connectivity index (χ3n) is 3.32. The highest BCUT2D eigenvalue weighted by Crippen LogP contribution is 2.13. The summed E-state index contributed by atoms with van der Waals surface area (Å²) in [6.45, 7) is 7.03. The quantitative estimate of drug-likeness (QED) is 0.628. The van der Waals surface area contributed by atoms with Crippen LogP contribution in [0.2, 0.25) is 12.6 Å². The molecule has 0 bridgehead atoms. The molecule has 1 rings (SSSR count). The zero-order chi connectivity index (χ0) is 11.3. The average Bonchev–Trinajstić information content (AvgIpc) is 2.64. The molecule has 90 valence electrons. The van der Waals surface area contributed by atoms with E-state index < -0.39 is 8.56 Å². The summed E-state index contributed by atoms with van der Waals surface area (Å²) in [6.07, 6.45) is 1.19. The van der Waals surface area contributed by atoms with Gasteiger partial charge in [0.2, 0.25) is 0 Å². The molecule has 1 atom stereocenters. The van der Waals surface area contributed by atoms with Crippen LogP contribution in [0.5, 0.6) is 0 Å². The van der Waals surface area contributed by atoms with Gasteiger partial charge in [0, 0.05) is 20.8 Å². The fraction of sp³-hybridized carbons (Fsp3) is 1.00. The second-order valence-electron chi connectivity index (χ2n) is 4.63. The Morgan fingerprint density at radius 2 is 2.00 bits per heavy atom. The highest BCUT2D eigenvalue weighted by atomic mass is 28.4. The molecule has 0 aromatic heterocycles. The number of likely N-dealkylation sites (N-methyl/N-ethyl adjacent to an activating group) is 1. The lowest BCUT2D eigenvalue weighted by Crippen LogP contribution is -3.07. The van der Waals surface area contributed by atoms with Crippen LogP contribution in [-0.2, 0) is 8.85 Å². The van der Waals surface area contributed by atoms with Gasteiger partial charge in [-0.15, -0.1) is 0 Å². The molecule has 0 amide bonds. The maximum Gasteiger partial charge on any atom is 0.334 e. The van der Waals surface area contributed by atoms with Crippen molar-refractivity contribution in [3.8, 4) is 0 Å². The molecule has 5 heteroatoms. The normalized spacial score (nSPS) is 23.6. The Kier molecular flexibility index (Phi) is 5.21. The summed E-state index contributed by atoms with van der Waals surface area (Å²) >= 11 is 0. The van der Waals surface area contributed by atoms with Gasteiger partial charge < -0.3 is 13.8 Å². The van der Waals surface area contributed by atoms with Crippen molar-refractivity contribution in [2.75, 3.05) is 47.6 Å². The van der Waals surface area contributed by atoms with Crippen molar-refractivity contribution in [2.24, 2.45) is 0 Å². The van der Waals surface area contributed by atoms with E-state index in [1.54, 1.807) is 19.1 Å². The molecule has 1 N–H and O–H groups in total. The molecular weight excluding hydrogens is 208 g/mol. The van der Waals surface area contributed by atoms with E-state index in [-0.39, 0.29) is 0 Å². The molecular formula is C10H25N2O2Si+. The second kappa shape index (κ2) is 5.96. The van der Waals surface area contributed by atoms with E-state index in [2.05, 4.69) is 18.5 Å². The first-order valence-corrected chi connectivity index (χ1v) is 8.26. The molecule has 1 aliphatic rings. The van der Waals surface area contributed by atoms with Gasteiger partial charge in [0.05, 0.1) is 20.1 Å². The minimum absolute atomic E-state index is 1.09. The maximum absolute atomic E-state index is 5.47. The molecule has 0 radical (unpaired) electrons. The van der Waals surface area contributed by atoms with Gasteiger partial charge in [0.25, 0.3) is 0 Å². The van der Waals surface area contributed by atoms with Gasteiger partial charge in [-0.25, -0.2) is 0 Å². The van der Waals surface area contributed by atoms with Crippen LogP contribution in [0, 0.1) is 0 Å². The number of rotatable bonds is 6. The van der Waals surface area contributed by atoms with Crippen molar-refractivity contribution in [3.05, 3.63) is 0 Å². The van der Waals surface area contributed by atoms with Crippen molar-refractivity contribution in [1.82, 2.24) is 4.90 Å². The summed E-state index contributed by atoms with van der Waals surface area (Å²) in [7, 11) is 3.97. The van der Waals surface area contributed by atoms with Gasteiger partial charge in [-0.1, -0.05) is 0 Å². The van der Waals surface area contributed by atoms with Crippen molar-refractivity contribution in [1.29, 1.82) is 0 Å². The zero-order valence-corrected chi connectivity index (χ0v) is 11.5. The maximum atomic E-state index is 5.47. The smallest absolute Gasteiger partial charge is 0.334 e. The molecule has 1 heterocycles. The summed E-state index contributed by atoms with van der Waals surface area (Å²) in [6, 6.07) is 1.09. The lowest BCUT2D eigenvalue weighted by Gasteiger charge is -2.23. The summed E-state index contributed by atoms with van der Waals surface area (Å²) in [5, 5.41) is 0. The number of quaternary nitrogens is 1. The number of hydrogen-bond donors (Lipinski definition) is 1. The standard InChI is InChI=1S/C10H24N2O2Si/c1-11-7-8-12(10-11)6-5-9-15(4,13-2)14-3/h5-10H2,1-4H3/p+1. The number of nitrogens with zero attached hydrogens (tertiary/aromatic N) is 1. The van der Waals surface area contributed by atoms with Gasteiger partial charge in [-0.05, 0) is 19.0 Å². The Bertz CT molecular complexity index is 188. The molecule has 15 heavy (non-hydrogen) atoms. The van der Waals surface area contributed by atoms with Gasteiger partial charge in [-0.3, -0.25) is 4.90 Å². The monoisotopic (exact) mass is 233 g/mol. The molecule has 0 spiro atoms. The predicted octanol–water partition coefficient (Wildman–Crippen LogP) is -0.471. The minimum Gasteiger partial charge on any atom is -0.398 e. The highest BCUT2D eigenvalue weighted by Gasteiger charge is 2.28. The molecule has 1 aliphatic heterocycles. The van der Waals surface area contributed by atoms with Crippen LogP contribution in [0.3, 0.4) is 0 Å². The Morgan fingerprint density at radius 1 is 1.33 bits per heavy atom. The molecule has 0 aliphatic carbocycles. The molecule has 0 saturated carbocycles. The van der Waals surface area contributed by atoms with Crippen molar-refractivity contribution in [3.63, 3.8) is 0 Å². The summed E-state index contributed by atoms with van der Waals surface area (Å²) in [5.41, 5.74) is 0. The zero-order valence-electron chi connectivity index (χ0n) is 10.5. The third kappa shape index (κ3) is 4.20. The third-order valence-corrected chi connectivity index (χ3v) is 6.31. The lowest BCUT2D eigenvalue weighted by atomic mass is 10.4. The first kappa shape index (κ1) is 13.1. The van der Waals surface area contributed by atoms with E-state index in [9.17, 15) is 0 Å². The molecule has 4 nitrogen and oxygen atoms in total. The van der Waals surface area contributed by atoms with Crippen molar-refractivity contribution < 1.29 is 13.8 Å². The van der Waals surface area contributed by atoms with Gasteiger partial charge in [0.15, 0.2) is 0 Å². The van der Waals surface area contributed by atoms with E-state index >= 15 is 0 Å². The summed E-state index contributed by atoms with van der Waals surface area (Å²) < 4.78 is 10.9. The van der Waals surface area contributed by atoms with Crippen molar-refractivity contribution in [2.45, 2.75) is 19.0 Å². The Labute approximate surface area is 94.4 Å². The summed E-state index contributed by atoms with van der Waals surface area (Å²) in [4.78, 5) is 4.14. The molecule has 1 unspecified atom stereocenters. The predicted molar refractivity (Wildman–Crippen MR) is 63.3 cm³/mol. The van der Waals surface area contributed by atoms with E-state index in [4.69, 9.17) is 8.85 Å². The lowest BCUT2D eigenvalue weighted by molar-refractivity contribution is -0.870. The largest absolute Gasteiger partial charge is 0.398 e. The SMILES string of the molecule is CO[Si](C)(CCCN1CC[NH+](C)C1)OC. The van der Waals surface area contributed by atoms with E-state index in [1.165, 1.54) is 32.7 Å². The fourth-order valence-corrected chi connectivity index (χ4v) is 3.37. The van der Waals surface area contributed by atoms with Crippen LogP contribution < -0.4 is 4.90 Å². The highest BCUT2D eigenvalue weighted by molar-refractivity contribution is 6.65. The van der Waals surface area contributed by atoms with Gasteiger partial charge in [0.1, 0.15) is 6.67 Å². The van der Waals surface area contributed by atoms with E-state index in [0.717, 1.165) is 6.04 Å². The van der Waals surface area contributed by atoms with Crippen LogP contribution in [0.1, 0.15) is 6.42 Å². The topological polar surface area (TPSA) is 26.1 Å². The Balaban J connectivity index is 2.15. The van der Waals surface area contributed by atoms with Crippen LogP contribution in [-0.4, -0.2) is 61.0 Å².